The van der Waals surface area contributed by atoms with Crippen molar-refractivity contribution in [3.63, 3.8) is 0 Å². The number of Topliss-reactive ketones (excluding diaryl/α,β-unsaturated/α-hetero) is 2. The maximum atomic E-state index is 13.0. The molecule has 0 N–H and O–H groups in total. The molecule has 6 atom stereocenters. The first kappa shape index (κ1) is 14.0. The van der Waals surface area contributed by atoms with Crippen molar-refractivity contribution in [2.24, 2.45) is 34.5 Å². The third kappa shape index (κ3) is 1.83. The predicted octanol–water partition coefficient (Wildman–Crippen LogP) is 4.17. The Kier molecular flexibility index (Phi) is 2.94. The molecule has 4 saturated carbocycles. The average Bonchev–Trinajstić information content (AvgIpc) is 2.71. The zero-order valence-electron chi connectivity index (χ0n) is 13.5. The van der Waals surface area contributed by atoms with Gasteiger partial charge < -0.3 is 0 Å². The number of fused-ring (bicyclic) bond motifs is 5. The van der Waals surface area contributed by atoms with E-state index in [1.165, 1.54) is 38.5 Å². The Morgan fingerprint density at radius 2 is 1.81 bits per heavy atom. The smallest absolute Gasteiger partial charge is 0.137 e. The summed E-state index contributed by atoms with van der Waals surface area (Å²) in [5.41, 5.74) is 0.235. The predicted molar refractivity (Wildman–Crippen MR) is 81.7 cm³/mol. The largest absolute Gasteiger partial charge is 0.300 e. The van der Waals surface area contributed by atoms with Crippen LogP contribution >= 0.6 is 0 Å². The van der Waals surface area contributed by atoms with Crippen LogP contribution in [0.4, 0.5) is 0 Å². The van der Waals surface area contributed by atoms with Gasteiger partial charge in [-0.05, 0) is 54.3 Å². The molecule has 4 aliphatic carbocycles. The van der Waals surface area contributed by atoms with Crippen molar-refractivity contribution in [3.8, 4) is 0 Å². The topological polar surface area (TPSA) is 34.1 Å². The molecule has 4 rings (SSSR count). The van der Waals surface area contributed by atoms with Gasteiger partial charge in [0.2, 0.25) is 0 Å². The lowest BCUT2D eigenvalue weighted by Crippen LogP contribution is -2.55. The minimum Gasteiger partial charge on any atom is -0.300 e. The highest BCUT2D eigenvalue weighted by Crippen LogP contribution is 2.64. The summed E-state index contributed by atoms with van der Waals surface area (Å²) in [7, 11) is 0. The van der Waals surface area contributed by atoms with Crippen molar-refractivity contribution in [1.82, 2.24) is 0 Å². The lowest BCUT2D eigenvalue weighted by atomic mass is 9.45. The van der Waals surface area contributed by atoms with Gasteiger partial charge in [-0.1, -0.05) is 26.7 Å². The van der Waals surface area contributed by atoms with Gasteiger partial charge in [0.25, 0.3) is 0 Å². The Morgan fingerprint density at radius 3 is 2.62 bits per heavy atom. The third-order valence-corrected chi connectivity index (χ3v) is 7.82. The minimum atomic E-state index is -0.00675. The molecular weight excluding hydrogens is 260 g/mol. The van der Waals surface area contributed by atoms with Gasteiger partial charge in [0.15, 0.2) is 0 Å². The Bertz CT molecular complexity index is 496. The second-order valence-electron chi connectivity index (χ2n) is 8.99. The molecule has 0 radical (unpaired) electrons. The van der Waals surface area contributed by atoms with Gasteiger partial charge in [0.05, 0.1) is 0 Å². The lowest BCUT2D eigenvalue weighted by Gasteiger charge is -2.58. The molecule has 4 aliphatic rings. The molecule has 0 aromatic heterocycles. The number of carbonyl (C=O) groups excluding carboxylic acids is 2. The SMILES string of the molecule is CC12CC(=O)CC1C1CCC3CCCCC3(C)C1C(=O)C2. The zero-order valence-corrected chi connectivity index (χ0v) is 13.5. The van der Waals surface area contributed by atoms with Gasteiger partial charge in [-0.3, -0.25) is 9.59 Å². The van der Waals surface area contributed by atoms with Crippen molar-refractivity contribution >= 4 is 11.6 Å². The molecule has 0 aliphatic heterocycles. The van der Waals surface area contributed by atoms with Gasteiger partial charge in [-0.25, -0.2) is 0 Å². The normalized spacial score (nSPS) is 53.0. The van der Waals surface area contributed by atoms with Crippen LogP contribution in [0.15, 0.2) is 0 Å². The van der Waals surface area contributed by atoms with Crippen LogP contribution in [-0.2, 0) is 9.59 Å². The Balaban J connectivity index is 1.72. The zero-order chi connectivity index (χ0) is 14.8. The summed E-state index contributed by atoms with van der Waals surface area (Å²) < 4.78 is 0. The van der Waals surface area contributed by atoms with E-state index in [1.54, 1.807) is 0 Å². The summed E-state index contributed by atoms with van der Waals surface area (Å²) in [5, 5.41) is 0. The van der Waals surface area contributed by atoms with Crippen molar-refractivity contribution in [3.05, 3.63) is 0 Å². The molecule has 6 unspecified atom stereocenters. The molecule has 0 amide bonds. The van der Waals surface area contributed by atoms with E-state index in [0.29, 0.717) is 36.2 Å². The van der Waals surface area contributed by atoms with Crippen LogP contribution in [0.1, 0.15) is 71.6 Å². The molecule has 0 aromatic rings. The maximum absolute atomic E-state index is 13.0. The monoisotopic (exact) mass is 288 g/mol. The van der Waals surface area contributed by atoms with E-state index in [1.807, 2.05) is 0 Å². The molecule has 2 heteroatoms. The average molecular weight is 288 g/mol. The molecule has 0 saturated heterocycles. The first-order valence-corrected chi connectivity index (χ1v) is 8.98. The molecule has 0 bridgehead atoms. The molecule has 0 aromatic carbocycles. The van der Waals surface area contributed by atoms with E-state index in [2.05, 4.69) is 13.8 Å². The van der Waals surface area contributed by atoms with Gasteiger partial charge in [0.1, 0.15) is 11.6 Å². The summed E-state index contributed by atoms with van der Waals surface area (Å²) in [4.78, 5) is 25.1. The minimum absolute atomic E-state index is 0.00675. The second-order valence-corrected chi connectivity index (χ2v) is 8.99. The molecule has 4 fully saturated rings. The van der Waals surface area contributed by atoms with E-state index in [4.69, 9.17) is 0 Å². The summed E-state index contributed by atoms with van der Waals surface area (Å²) in [6.45, 7) is 4.62. The van der Waals surface area contributed by atoms with Crippen LogP contribution in [-0.4, -0.2) is 11.6 Å². The van der Waals surface area contributed by atoms with Gasteiger partial charge in [-0.2, -0.15) is 0 Å². The van der Waals surface area contributed by atoms with Gasteiger partial charge in [-0.15, -0.1) is 0 Å². The third-order valence-electron chi connectivity index (χ3n) is 7.82. The number of hydrogen-bond acceptors (Lipinski definition) is 2. The van der Waals surface area contributed by atoms with E-state index in [-0.39, 0.29) is 16.7 Å². The fourth-order valence-electron chi connectivity index (χ4n) is 6.92. The van der Waals surface area contributed by atoms with Crippen molar-refractivity contribution in [2.75, 3.05) is 0 Å². The van der Waals surface area contributed by atoms with Crippen LogP contribution < -0.4 is 0 Å². The maximum Gasteiger partial charge on any atom is 0.137 e. The molecular formula is C19H28O2. The number of hydrogen-bond donors (Lipinski definition) is 0. The van der Waals surface area contributed by atoms with Crippen LogP contribution in [0.2, 0.25) is 0 Å². The van der Waals surface area contributed by atoms with Crippen molar-refractivity contribution in [1.29, 1.82) is 0 Å². The quantitative estimate of drug-likeness (QED) is 0.670. The highest BCUT2D eigenvalue weighted by Gasteiger charge is 2.61. The van der Waals surface area contributed by atoms with E-state index in [0.717, 1.165) is 12.3 Å². The van der Waals surface area contributed by atoms with E-state index >= 15 is 0 Å². The van der Waals surface area contributed by atoms with E-state index in [9.17, 15) is 9.59 Å². The number of carbonyl (C=O) groups is 2. The second kappa shape index (κ2) is 4.43. The number of rotatable bonds is 0. The lowest BCUT2D eigenvalue weighted by molar-refractivity contribution is -0.155. The molecule has 0 heterocycles. The Labute approximate surface area is 128 Å². The van der Waals surface area contributed by atoms with E-state index < -0.39 is 0 Å². The van der Waals surface area contributed by atoms with Crippen LogP contribution in [0.3, 0.4) is 0 Å². The van der Waals surface area contributed by atoms with Crippen LogP contribution in [0.5, 0.6) is 0 Å². The highest BCUT2D eigenvalue weighted by atomic mass is 16.1. The first-order valence-electron chi connectivity index (χ1n) is 8.98. The number of ketones is 2. The summed E-state index contributed by atoms with van der Waals surface area (Å²) in [6, 6.07) is 0. The fraction of sp³-hybridized carbons (Fsp3) is 0.895. The molecule has 0 spiro atoms. The Morgan fingerprint density at radius 1 is 1.00 bits per heavy atom. The van der Waals surface area contributed by atoms with Crippen LogP contribution in [0.25, 0.3) is 0 Å². The molecule has 21 heavy (non-hydrogen) atoms. The van der Waals surface area contributed by atoms with Crippen molar-refractivity contribution in [2.45, 2.75) is 71.6 Å². The summed E-state index contributed by atoms with van der Waals surface area (Å²) >= 11 is 0. The summed E-state index contributed by atoms with van der Waals surface area (Å²) in [6.07, 6.45) is 9.80. The standard InChI is InChI=1S/C19H28O2/c1-18-10-13(20)9-15(18)14-7-6-12-5-3-4-8-19(12,2)17(14)16(21)11-18/h12,14-15,17H,3-11H2,1-2H3. The Hall–Kier alpha value is -0.660. The van der Waals surface area contributed by atoms with Gasteiger partial charge in [0, 0.05) is 25.2 Å². The van der Waals surface area contributed by atoms with Crippen molar-refractivity contribution < 1.29 is 9.59 Å². The molecule has 2 nitrogen and oxygen atoms in total. The summed E-state index contributed by atoms with van der Waals surface area (Å²) in [5.74, 6) is 2.93. The van der Waals surface area contributed by atoms with Gasteiger partial charge >= 0.3 is 0 Å². The van der Waals surface area contributed by atoms with Crippen LogP contribution in [0, 0.1) is 34.5 Å². The highest BCUT2D eigenvalue weighted by molar-refractivity contribution is 5.89. The fourth-order valence-corrected chi connectivity index (χ4v) is 6.92. The first-order chi connectivity index (χ1) is 9.94. The molecule has 116 valence electrons.